The number of aliphatic hydroxyl groups is 1. The van der Waals surface area contributed by atoms with Gasteiger partial charge in [-0.15, -0.1) is 0 Å². The van der Waals surface area contributed by atoms with Gasteiger partial charge in [-0.2, -0.15) is 0 Å². The van der Waals surface area contributed by atoms with Crippen LogP contribution in [-0.2, 0) is 5.41 Å². The standard InChI is InChI=1S/C15H23FN2O2/c1-11(19)9-18(4)14(20)17-10-15(2,3)12-7-5-6-8-13(12)16/h5-8,11,19H,9-10H2,1-4H3,(H,17,20). The highest BCUT2D eigenvalue weighted by Crippen LogP contribution is 2.24. The fraction of sp³-hybridized carbons (Fsp3) is 0.533. The predicted octanol–water partition coefficient (Wildman–Crippen LogP) is 2.13. The van der Waals surface area contributed by atoms with Crippen LogP contribution in [0.5, 0.6) is 0 Å². The number of carbonyl (C=O) groups excluding carboxylic acids is 1. The molecule has 1 atom stereocenters. The van der Waals surface area contributed by atoms with Gasteiger partial charge in [0.05, 0.1) is 6.10 Å². The molecule has 0 spiro atoms. The van der Waals surface area contributed by atoms with Gasteiger partial charge in [-0.3, -0.25) is 0 Å². The summed E-state index contributed by atoms with van der Waals surface area (Å²) in [5.74, 6) is -0.274. The molecular formula is C15H23FN2O2. The second kappa shape index (κ2) is 6.70. The van der Waals surface area contributed by atoms with Gasteiger partial charge in [-0.05, 0) is 18.6 Å². The number of urea groups is 1. The molecule has 20 heavy (non-hydrogen) atoms. The average Bonchev–Trinajstić information content (AvgIpc) is 2.35. The molecule has 1 aromatic carbocycles. The molecule has 0 aromatic heterocycles. The molecule has 0 fully saturated rings. The highest BCUT2D eigenvalue weighted by molar-refractivity contribution is 5.74. The maximum atomic E-state index is 13.8. The summed E-state index contributed by atoms with van der Waals surface area (Å²) in [6.45, 7) is 5.94. The quantitative estimate of drug-likeness (QED) is 0.869. The summed E-state index contributed by atoms with van der Waals surface area (Å²) in [5, 5.41) is 12.0. The van der Waals surface area contributed by atoms with Crippen molar-refractivity contribution in [1.29, 1.82) is 0 Å². The number of halogens is 1. The Bertz CT molecular complexity index is 461. The number of rotatable bonds is 5. The Labute approximate surface area is 119 Å². The van der Waals surface area contributed by atoms with Crippen LogP contribution in [0.3, 0.4) is 0 Å². The second-order valence-corrected chi connectivity index (χ2v) is 5.75. The van der Waals surface area contributed by atoms with Crippen molar-refractivity contribution in [2.24, 2.45) is 0 Å². The molecule has 0 saturated heterocycles. The summed E-state index contributed by atoms with van der Waals surface area (Å²) in [7, 11) is 1.61. The minimum absolute atomic E-state index is 0.256. The van der Waals surface area contributed by atoms with Gasteiger partial charge >= 0.3 is 6.03 Å². The molecule has 0 aliphatic rings. The van der Waals surface area contributed by atoms with Crippen molar-refractivity contribution in [1.82, 2.24) is 10.2 Å². The summed E-state index contributed by atoms with van der Waals surface area (Å²) >= 11 is 0. The Kier molecular flexibility index (Phi) is 5.51. The zero-order valence-corrected chi connectivity index (χ0v) is 12.5. The van der Waals surface area contributed by atoms with Crippen LogP contribution < -0.4 is 5.32 Å². The lowest BCUT2D eigenvalue weighted by molar-refractivity contribution is 0.143. The first-order valence-electron chi connectivity index (χ1n) is 6.66. The first kappa shape index (κ1) is 16.4. The lowest BCUT2D eigenvalue weighted by Crippen LogP contribution is -2.45. The summed E-state index contributed by atoms with van der Waals surface area (Å²) in [6, 6.07) is 6.28. The molecule has 2 N–H and O–H groups in total. The number of amides is 2. The molecule has 0 aliphatic heterocycles. The van der Waals surface area contributed by atoms with E-state index in [0.717, 1.165) is 0 Å². The molecule has 0 radical (unpaired) electrons. The van der Waals surface area contributed by atoms with Crippen LogP contribution in [0.2, 0.25) is 0 Å². The highest BCUT2D eigenvalue weighted by atomic mass is 19.1. The second-order valence-electron chi connectivity index (χ2n) is 5.75. The van der Waals surface area contributed by atoms with Crippen LogP contribution in [0, 0.1) is 5.82 Å². The summed E-state index contributed by atoms with van der Waals surface area (Å²) in [6.07, 6.45) is -0.578. The molecular weight excluding hydrogens is 259 g/mol. The van der Waals surface area contributed by atoms with E-state index in [9.17, 15) is 14.3 Å². The van der Waals surface area contributed by atoms with Gasteiger partial charge < -0.3 is 15.3 Å². The molecule has 5 heteroatoms. The normalized spacial score (nSPS) is 12.9. The molecule has 0 aliphatic carbocycles. The average molecular weight is 282 g/mol. The Morgan fingerprint density at radius 2 is 2.05 bits per heavy atom. The van der Waals surface area contributed by atoms with Gasteiger partial charge in [0.2, 0.25) is 0 Å². The van der Waals surface area contributed by atoms with Gasteiger partial charge in [0.15, 0.2) is 0 Å². The van der Waals surface area contributed by atoms with Crippen LogP contribution >= 0.6 is 0 Å². The van der Waals surface area contributed by atoms with Crippen LogP contribution in [0.15, 0.2) is 24.3 Å². The van der Waals surface area contributed by atoms with E-state index in [0.29, 0.717) is 12.1 Å². The van der Waals surface area contributed by atoms with Crippen molar-refractivity contribution >= 4 is 6.03 Å². The largest absolute Gasteiger partial charge is 0.392 e. The minimum Gasteiger partial charge on any atom is -0.392 e. The van der Waals surface area contributed by atoms with Gasteiger partial charge in [-0.1, -0.05) is 32.0 Å². The third kappa shape index (κ3) is 4.49. The Hall–Kier alpha value is -1.62. The Balaban J connectivity index is 2.64. The molecule has 0 bridgehead atoms. The fourth-order valence-corrected chi connectivity index (χ4v) is 2.02. The minimum atomic E-state index is -0.578. The molecule has 4 nitrogen and oxygen atoms in total. The van der Waals surface area contributed by atoms with E-state index in [1.807, 2.05) is 13.8 Å². The van der Waals surface area contributed by atoms with E-state index in [4.69, 9.17) is 0 Å². The van der Waals surface area contributed by atoms with E-state index < -0.39 is 11.5 Å². The molecule has 0 heterocycles. The number of nitrogens with one attached hydrogen (secondary N) is 1. The first-order chi connectivity index (χ1) is 9.24. The topological polar surface area (TPSA) is 52.6 Å². The summed E-state index contributed by atoms with van der Waals surface area (Å²) in [5.41, 5.74) is 0.0608. The van der Waals surface area contributed by atoms with Crippen molar-refractivity contribution in [3.8, 4) is 0 Å². The number of likely N-dealkylation sites (N-methyl/N-ethyl adjacent to an activating group) is 1. The monoisotopic (exact) mass is 282 g/mol. The highest BCUT2D eigenvalue weighted by Gasteiger charge is 2.25. The lowest BCUT2D eigenvalue weighted by atomic mass is 9.84. The number of hydrogen-bond acceptors (Lipinski definition) is 2. The van der Waals surface area contributed by atoms with Gasteiger partial charge in [0.1, 0.15) is 5.82 Å². The molecule has 1 unspecified atom stereocenters. The van der Waals surface area contributed by atoms with E-state index in [-0.39, 0.29) is 18.4 Å². The van der Waals surface area contributed by atoms with E-state index >= 15 is 0 Å². The third-order valence-corrected chi connectivity index (χ3v) is 3.17. The number of nitrogens with zero attached hydrogens (tertiary/aromatic N) is 1. The van der Waals surface area contributed by atoms with Crippen LogP contribution in [0.4, 0.5) is 9.18 Å². The molecule has 1 rings (SSSR count). The smallest absolute Gasteiger partial charge is 0.317 e. The van der Waals surface area contributed by atoms with Crippen molar-refractivity contribution in [2.75, 3.05) is 20.1 Å². The van der Waals surface area contributed by atoms with Crippen LogP contribution in [0.25, 0.3) is 0 Å². The zero-order valence-electron chi connectivity index (χ0n) is 12.5. The van der Waals surface area contributed by atoms with E-state index in [1.165, 1.54) is 11.0 Å². The van der Waals surface area contributed by atoms with Crippen molar-refractivity contribution < 1.29 is 14.3 Å². The van der Waals surface area contributed by atoms with Crippen LogP contribution in [-0.4, -0.2) is 42.3 Å². The maximum absolute atomic E-state index is 13.8. The summed E-state index contributed by atoms with van der Waals surface area (Å²) < 4.78 is 13.8. The first-order valence-corrected chi connectivity index (χ1v) is 6.66. The van der Waals surface area contributed by atoms with Crippen LogP contribution in [0.1, 0.15) is 26.3 Å². The molecule has 0 saturated carbocycles. The predicted molar refractivity (Wildman–Crippen MR) is 77.1 cm³/mol. The fourth-order valence-electron chi connectivity index (χ4n) is 2.02. The summed E-state index contributed by atoms with van der Waals surface area (Å²) in [4.78, 5) is 13.3. The molecule has 1 aromatic rings. The van der Waals surface area contributed by atoms with Crippen molar-refractivity contribution in [3.05, 3.63) is 35.6 Å². The number of hydrogen-bond donors (Lipinski definition) is 2. The number of aliphatic hydroxyl groups excluding tert-OH is 1. The Morgan fingerprint density at radius 1 is 1.45 bits per heavy atom. The number of carbonyl (C=O) groups is 1. The van der Waals surface area contributed by atoms with Gasteiger partial charge in [0.25, 0.3) is 0 Å². The Morgan fingerprint density at radius 3 is 2.60 bits per heavy atom. The number of benzene rings is 1. The van der Waals surface area contributed by atoms with Crippen molar-refractivity contribution in [3.63, 3.8) is 0 Å². The van der Waals surface area contributed by atoms with Gasteiger partial charge in [-0.25, -0.2) is 9.18 Å². The molecule has 2 amide bonds. The van der Waals surface area contributed by atoms with Gasteiger partial charge in [0, 0.05) is 25.6 Å². The third-order valence-electron chi connectivity index (χ3n) is 3.17. The van der Waals surface area contributed by atoms with Crippen molar-refractivity contribution in [2.45, 2.75) is 32.3 Å². The maximum Gasteiger partial charge on any atom is 0.317 e. The van der Waals surface area contributed by atoms with E-state index in [1.54, 1.807) is 32.2 Å². The SMILES string of the molecule is CC(O)CN(C)C(=O)NCC(C)(C)c1ccccc1F. The zero-order chi connectivity index (χ0) is 15.3. The lowest BCUT2D eigenvalue weighted by Gasteiger charge is -2.28. The molecule has 112 valence electrons. The van der Waals surface area contributed by atoms with E-state index in [2.05, 4.69) is 5.32 Å².